The molecule has 0 unspecified atom stereocenters. The third-order valence-corrected chi connectivity index (χ3v) is 7.32. The lowest BCUT2D eigenvalue weighted by Gasteiger charge is -2.32. The Bertz CT molecular complexity index is 1060. The van der Waals surface area contributed by atoms with E-state index in [1.807, 2.05) is 24.3 Å². The molecule has 2 N–H and O–H groups in total. The van der Waals surface area contributed by atoms with Gasteiger partial charge in [0.25, 0.3) is 5.91 Å². The monoisotopic (exact) mass is 477 g/mol. The Morgan fingerprint density at radius 2 is 1.74 bits per heavy atom. The van der Waals surface area contributed by atoms with Gasteiger partial charge in [0.1, 0.15) is 4.88 Å². The van der Waals surface area contributed by atoms with Crippen LogP contribution in [0.2, 0.25) is 0 Å². The Balaban J connectivity index is 1.09. The average Bonchev–Trinajstić information content (AvgIpc) is 3.36. The number of aromatic nitrogens is 1. The number of piperidine rings is 1. The minimum absolute atomic E-state index is 0.123. The molecule has 0 atom stereocenters. The normalized spacial score (nSPS) is 17.5. The quantitative estimate of drug-likeness (QED) is 0.529. The number of amides is 1. The van der Waals surface area contributed by atoms with Crippen molar-refractivity contribution in [1.82, 2.24) is 9.88 Å². The summed E-state index contributed by atoms with van der Waals surface area (Å²) in [5.41, 5.74) is 3.30. The van der Waals surface area contributed by atoms with Crippen molar-refractivity contribution >= 4 is 33.8 Å². The predicted molar refractivity (Wildman–Crippen MR) is 138 cm³/mol. The summed E-state index contributed by atoms with van der Waals surface area (Å²) in [5, 5.41) is 7.34. The Labute approximate surface area is 204 Å². The number of rotatable bonds is 7. The molecular weight excluding hydrogens is 446 g/mol. The fraction of sp³-hybridized carbons (Fsp3) is 0.385. The van der Waals surface area contributed by atoms with Gasteiger partial charge in [0.05, 0.1) is 19.4 Å². The number of benzene rings is 2. The van der Waals surface area contributed by atoms with Gasteiger partial charge < -0.3 is 20.3 Å². The predicted octanol–water partition coefficient (Wildman–Crippen LogP) is 4.31. The maximum atomic E-state index is 12.7. The third kappa shape index (κ3) is 5.94. The summed E-state index contributed by atoms with van der Waals surface area (Å²) in [4.78, 5) is 22.6. The number of hydrogen-bond donors (Lipinski definition) is 2. The summed E-state index contributed by atoms with van der Waals surface area (Å²) < 4.78 is 5.41. The molecule has 0 radical (unpaired) electrons. The van der Waals surface area contributed by atoms with Gasteiger partial charge in [0, 0.05) is 50.1 Å². The SMILES string of the molecule is O=C(Nc1ccc(N2CCOCC2)cc1)c1cnc(NC2CCN(Cc3ccccc3)CC2)s1. The van der Waals surface area contributed by atoms with E-state index in [-0.39, 0.29) is 5.91 Å². The van der Waals surface area contributed by atoms with E-state index in [2.05, 4.69) is 55.7 Å². The number of nitrogens with one attached hydrogen (secondary N) is 2. The summed E-state index contributed by atoms with van der Waals surface area (Å²) in [6, 6.07) is 19.0. The minimum atomic E-state index is -0.123. The second-order valence-corrected chi connectivity index (χ2v) is 9.84. The zero-order chi connectivity index (χ0) is 23.2. The van der Waals surface area contributed by atoms with Crippen LogP contribution in [-0.2, 0) is 11.3 Å². The molecule has 0 bridgehead atoms. The number of ether oxygens (including phenoxy) is 1. The van der Waals surface area contributed by atoms with E-state index in [1.54, 1.807) is 6.20 Å². The fourth-order valence-electron chi connectivity index (χ4n) is 4.47. The van der Waals surface area contributed by atoms with E-state index in [1.165, 1.54) is 16.9 Å². The van der Waals surface area contributed by atoms with Crippen molar-refractivity contribution in [2.45, 2.75) is 25.4 Å². The highest BCUT2D eigenvalue weighted by atomic mass is 32.1. The summed E-state index contributed by atoms with van der Waals surface area (Å²) in [7, 11) is 0. The number of hydrogen-bond acceptors (Lipinski definition) is 7. The Morgan fingerprint density at radius 3 is 2.47 bits per heavy atom. The first kappa shape index (κ1) is 22.8. The Morgan fingerprint density at radius 1 is 1.00 bits per heavy atom. The molecule has 2 aromatic carbocycles. The van der Waals surface area contributed by atoms with Crippen molar-refractivity contribution in [3.63, 3.8) is 0 Å². The first-order chi connectivity index (χ1) is 16.7. The molecule has 5 rings (SSSR count). The van der Waals surface area contributed by atoms with Crippen LogP contribution in [0.15, 0.2) is 60.8 Å². The maximum absolute atomic E-state index is 12.7. The van der Waals surface area contributed by atoms with Gasteiger partial charge in [-0.25, -0.2) is 4.98 Å². The molecule has 7 nitrogen and oxygen atoms in total. The molecule has 0 aliphatic carbocycles. The number of thiazole rings is 1. The largest absolute Gasteiger partial charge is 0.378 e. The summed E-state index contributed by atoms with van der Waals surface area (Å²) >= 11 is 1.41. The van der Waals surface area contributed by atoms with Crippen LogP contribution in [0, 0.1) is 0 Å². The number of anilines is 3. The molecule has 1 aromatic heterocycles. The molecule has 2 aliphatic heterocycles. The second-order valence-electron chi connectivity index (χ2n) is 8.81. The number of nitrogens with zero attached hydrogens (tertiary/aromatic N) is 3. The molecule has 3 aromatic rings. The molecule has 1 amide bonds. The molecule has 2 fully saturated rings. The van der Waals surface area contributed by atoms with E-state index in [9.17, 15) is 4.79 Å². The van der Waals surface area contributed by atoms with Crippen LogP contribution in [0.5, 0.6) is 0 Å². The van der Waals surface area contributed by atoms with Crippen LogP contribution in [0.4, 0.5) is 16.5 Å². The van der Waals surface area contributed by atoms with Crippen LogP contribution < -0.4 is 15.5 Å². The van der Waals surface area contributed by atoms with E-state index in [0.29, 0.717) is 10.9 Å². The molecular formula is C26H31N5O2S. The molecule has 2 aliphatic rings. The molecule has 3 heterocycles. The average molecular weight is 478 g/mol. The van der Waals surface area contributed by atoms with Crippen molar-refractivity contribution in [1.29, 1.82) is 0 Å². The number of carbonyl (C=O) groups excluding carboxylic acids is 1. The van der Waals surface area contributed by atoms with Gasteiger partial charge in [-0.3, -0.25) is 9.69 Å². The maximum Gasteiger partial charge on any atom is 0.267 e. The number of carbonyl (C=O) groups is 1. The van der Waals surface area contributed by atoms with Crippen molar-refractivity contribution in [3.05, 3.63) is 71.2 Å². The lowest BCUT2D eigenvalue weighted by molar-refractivity contribution is 0.103. The minimum Gasteiger partial charge on any atom is -0.378 e. The number of morpholine rings is 1. The summed E-state index contributed by atoms with van der Waals surface area (Å²) in [5.74, 6) is -0.123. The summed E-state index contributed by atoms with van der Waals surface area (Å²) in [6.45, 7) is 6.43. The van der Waals surface area contributed by atoms with E-state index in [0.717, 1.165) is 75.3 Å². The fourth-order valence-corrected chi connectivity index (χ4v) is 5.26. The van der Waals surface area contributed by atoms with Gasteiger partial charge >= 0.3 is 0 Å². The lowest BCUT2D eigenvalue weighted by Crippen LogP contribution is -2.38. The zero-order valence-electron chi connectivity index (χ0n) is 19.3. The van der Waals surface area contributed by atoms with Gasteiger partial charge in [-0.15, -0.1) is 0 Å². The second kappa shape index (κ2) is 11.0. The highest BCUT2D eigenvalue weighted by Crippen LogP contribution is 2.24. The van der Waals surface area contributed by atoms with E-state index < -0.39 is 0 Å². The molecule has 34 heavy (non-hydrogen) atoms. The van der Waals surface area contributed by atoms with Gasteiger partial charge in [-0.05, 0) is 42.7 Å². The van der Waals surface area contributed by atoms with Crippen molar-refractivity contribution in [3.8, 4) is 0 Å². The molecule has 0 spiro atoms. The van der Waals surface area contributed by atoms with Crippen LogP contribution >= 0.6 is 11.3 Å². The first-order valence-electron chi connectivity index (χ1n) is 12.0. The highest BCUT2D eigenvalue weighted by Gasteiger charge is 2.21. The van der Waals surface area contributed by atoms with E-state index in [4.69, 9.17) is 4.74 Å². The molecule has 0 saturated carbocycles. The van der Waals surface area contributed by atoms with Crippen LogP contribution in [-0.4, -0.2) is 61.2 Å². The standard InChI is InChI=1S/C26H31N5O2S/c32-25(28-21-6-8-23(9-7-21)31-14-16-33-17-15-31)24-18-27-26(34-24)29-22-10-12-30(13-11-22)19-20-4-2-1-3-5-20/h1-9,18,22H,10-17,19H2,(H,27,29)(H,28,32). The lowest BCUT2D eigenvalue weighted by atomic mass is 10.0. The zero-order valence-corrected chi connectivity index (χ0v) is 20.1. The summed E-state index contributed by atoms with van der Waals surface area (Å²) in [6.07, 6.45) is 3.81. The Kier molecular flexibility index (Phi) is 7.38. The van der Waals surface area contributed by atoms with Crippen molar-refractivity contribution in [2.75, 3.05) is 54.9 Å². The van der Waals surface area contributed by atoms with Gasteiger partial charge in [0.15, 0.2) is 5.13 Å². The van der Waals surface area contributed by atoms with Gasteiger partial charge in [-0.2, -0.15) is 0 Å². The highest BCUT2D eigenvalue weighted by molar-refractivity contribution is 7.17. The third-order valence-electron chi connectivity index (χ3n) is 6.40. The van der Waals surface area contributed by atoms with Crippen molar-refractivity contribution in [2.24, 2.45) is 0 Å². The molecule has 178 valence electrons. The van der Waals surface area contributed by atoms with Crippen LogP contribution in [0.1, 0.15) is 28.1 Å². The van der Waals surface area contributed by atoms with Crippen molar-refractivity contribution < 1.29 is 9.53 Å². The first-order valence-corrected chi connectivity index (χ1v) is 12.8. The topological polar surface area (TPSA) is 69.7 Å². The van der Waals surface area contributed by atoms with Gasteiger partial charge in [-0.1, -0.05) is 41.7 Å². The van der Waals surface area contributed by atoms with Crippen LogP contribution in [0.3, 0.4) is 0 Å². The molecule has 8 heteroatoms. The Hall–Kier alpha value is -2.94. The van der Waals surface area contributed by atoms with Crippen LogP contribution in [0.25, 0.3) is 0 Å². The van der Waals surface area contributed by atoms with E-state index >= 15 is 0 Å². The number of likely N-dealkylation sites (tertiary alicyclic amines) is 1. The smallest absolute Gasteiger partial charge is 0.267 e. The molecule has 2 saturated heterocycles. The van der Waals surface area contributed by atoms with Gasteiger partial charge in [0.2, 0.25) is 0 Å².